The highest BCUT2D eigenvalue weighted by atomic mass is 31.1. The molecule has 1 unspecified atom stereocenters. The van der Waals surface area contributed by atoms with Crippen molar-refractivity contribution in [1.82, 2.24) is 0 Å². The van der Waals surface area contributed by atoms with Crippen molar-refractivity contribution in [2.45, 2.75) is 6.42 Å². The molecule has 0 spiro atoms. The Bertz CT molecular complexity index is 68.3. The largest absolute Gasteiger partial charge is 0.252 e. The van der Waals surface area contributed by atoms with Gasteiger partial charge in [0.25, 0.3) is 0 Å². The van der Waals surface area contributed by atoms with Crippen molar-refractivity contribution >= 4 is 17.8 Å². The van der Waals surface area contributed by atoms with Gasteiger partial charge in [-0.05, 0) is 15.8 Å². The third-order valence-corrected chi connectivity index (χ3v) is 1.74. The van der Waals surface area contributed by atoms with Crippen LogP contribution in [-0.2, 0) is 4.89 Å². The maximum absolute atomic E-state index is 7.83. The van der Waals surface area contributed by atoms with E-state index in [-0.39, 0.29) is 0 Å². The van der Waals surface area contributed by atoms with Crippen molar-refractivity contribution < 1.29 is 10.1 Å². The number of hydrogen-bond donors (Lipinski definition) is 1. The van der Waals surface area contributed by atoms with E-state index in [1.54, 1.807) is 0 Å². The van der Waals surface area contributed by atoms with Gasteiger partial charge in [-0.15, -0.1) is 0 Å². The SMILES string of the molecule is OOCCCP=NP. The van der Waals surface area contributed by atoms with Crippen LogP contribution in [-0.4, -0.2) is 18.0 Å². The lowest BCUT2D eigenvalue weighted by Crippen LogP contribution is -1.87. The van der Waals surface area contributed by atoms with Gasteiger partial charge in [0.2, 0.25) is 0 Å². The molecule has 1 atom stereocenters. The summed E-state index contributed by atoms with van der Waals surface area (Å²) in [6.07, 6.45) is 1.81. The van der Waals surface area contributed by atoms with Gasteiger partial charge in [-0.1, -0.05) is 0 Å². The minimum absolute atomic E-state index is 0.410. The first kappa shape index (κ1) is 8.45. The standard InChI is InChI=1S/C3H9NO2P2/c5-6-2-1-3-8-4-7/h5H,1-3,7H2. The van der Waals surface area contributed by atoms with Crippen molar-refractivity contribution in [3.8, 4) is 0 Å². The number of hydrogen-bond acceptors (Lipinski definition) is 3. The van der Waals surface area contributed by atoms with Crippen LogP contribution in [0.4, 0.5) is 0 Å². The van der Waals surface area contributed by atoms with E-state index in [0.717, 1.165) is 21.0 Å². The maximum Gasteiger partial charge on any atom is 0.0826 e. The summed E-state index contributed by atoms with van der Waals surface area (Å²) in [5, 5.41) is 7.83. The fraction of sp³-hybridized carbons (Fsp3) is 1.00. The number of rotatable bonds is 4. The summed E-state index contributed by atoms with van der Waals surface area (Å²) in [5.41, 5.74) is 0. The van der Waals surface area contributed by atoms with E-state index in [0.29, 0.717) is 6.61 Å². The molecule has 0 heterocycles. The summed E-state index contributed by atoms with van der Waals surface area (Å²) < 4.78 is 3.76. The van der Waals surface area contributed by atoms with Gasteiger partial charge in [0.05, 0.1) is 6.61 Å². The fourth-order valence-electron chi connectivity index (χ4n) is 0.258. The zero-order valence-electron chi connectivity index (χ0n) is 4.45. The van der Waals surface area contributed by atoms with Crippen LogP contribution in [0, 0.1) is 0 Å². The van der Waals surface area contributed by atoms with Gasteiger partial charge in [0.15, 0.2) is 0 Å². The molecule has 0 aliphatic rings. The van der Waals surface area contributed by atoms with Crippen LogP contribution in [0.5, 0.6) is 0 Å². The molecule has 0 aromatic rings. The Morgan fingerprint density at radius 3 is 3.00 bits per heavy atom. The zero-order chi connectivity index (χ0) is 6.24. The Kier molecular flexibility index (Phi) is 7.87. The third-order valence-electron chi connectivity index (χ3n) is 0.575. The van der Waals surface area contributed by atoms with E-state index < -0.39 is 0 Å². The van der Waals surface area contributed by atoms with Gasteiger partial charge in [0.1, 0.15) is 0 Å². The average molecular weight is 153 g/mol. The van der Waals surface area contributed by atoms with Gasteiger partial charge in [-0.2, -0.15) is 0 Å². The lowest BCUT2D eigenvalue weighted by atomic mass is 10.5. The molecule has 8 heavy (non-hydrogen) atoms. The van der Waals surface area contributed by atoms with Gasteiger partial charge in [-0.3, -0.25) is 9.77 Å². The molecule has 0 bridgehead atoms. The molecule has 0 aliphatic heterocycles. The molecule has 5 heteroatoms. The lowest BCUT2D eigenvalue weighted by Gasteiger charge is -1.88. The predicted molar refractivity (Wildman–Crippen MR) is 37.1 cm³/mol. The van der Waals surface area contributed by atoms with E-state index in [4.69, 9.17) is 5.26 Å². The normalized spacial score (nSPS) is 10.8. The smallest absolute Gasteiger partial charge is 0.0826 e. The van der Waals surface area contributed by atoms with Crippen molar-refractivity contribution in [2.24, 2.45) is 4.52 Å². The molecule has 0 saturated carbocycles. The molecule has 48 valence electrons. The Morgan fingerprint density at radius 1 is 1.75 bits per heavy atom. The Balaban J connectivity index is 2.72. The van der Waals surface area contributed by atoms with Crippen LogP contribution in [0.1, 0.15) is 6.42 Å². The highest BCUT2D eigenvalue weighted by Crippen LogP contribution is 2.04. The topological polar surface area (TPSA) is 41.8 Å². The monoisotopic (exact) mass is 153 g/mol. The second-order valence-corrected chi connectivity index (χ2v) is 2.82. The molecular formula is C3H9NO2P2. The van der Waals surface area contributed by atoms with E-state index in [9.17, 15) is 0 Å². The predicted octanol–water partition coefficient (Wildman–Crippen LogP) is 1.79. The van der Waals surface area contributed by atoms with Crippen molar-refractivity contribution in [3.05, 3.63) is 0 Å². The highest BCUT2D eigenvalue weighted by Gasteiger charge is 1.81. The van der Waals surface area contributed by atoms with Crippen molar-refractivity contribution in [3.63, 3.8) is 0 Å². The summed E-state index contributed by atoms with van der Waals surface area (Å²) >= 11 is 0. The Hall–Kier alpha value is 0.450. The lowest BCUT2D eigenvalue weighted by molar-refractivity contribution is -0.241. The van der Waals surface area contributed by atoms with E-state index in [1.165, 1.54) is 0 Å². The van der Waals surface area contributed by atoms with E-state index >= 15 is 0 Å². The Labute approximate surface area is 52.5 Å². The fourth-order valence-corrected chi connectivity index (χ4v) is 0.990. The van der Waals surface area contributed by atoms with Crippen LogP contribution >= 0.6 is 17.8 Å². The van der Waals surface area contributed by atoms with E-state index in [1.807, 2.05) is 0 Å². The second kappa shape index (κ2) is 7.45. The molecule has 1 N–H and O–H groups in total. The summed E-state index contributed by atoms with van der Waals surface area (Å²) in [7, 11) is 3.31. The molecule has 0 fully saturated rings. The molecule has 0 aliphatic carbocycles. The van der Waals surface area contributed by atoms with Crippen LogP contribution in [0.3, 0.4) is 0 Å². The van der Waals surface area contributed by atoms with Gasteiger partial charge in [0, 0.05) is 14.5 Å². The molecule has 0 amide bonds. The van der Waals surface area contributed by atoms with Crippen LogP contribution < -0.4 is 0 Å². The molecule has 0 aromatic heterocycles. The summed E-state index contributed by atoms with van der Waals surface area (Å²) in [4.78, 5) is 3.84. The minimum atomic E-state index is 0.410. The summed E-state index contributed by atoms with van der Waals surface area (Å²) in [6.45, 7) is 0.410. The molecule has 0 radical (unpaired) electrons. The zero-order valence-corrected chi connectivity index (χ0v) is 6.50. The summed E-state index contributed by atoms with van der Waals surface area (Å²) in [5.74, 6) is 0. The van der Waals surface area contributed by atoms with Crippen molar-refractivity contribution in [1.29, 1.82) is 0 Å². The number of nitrogens with zero attached hydrogens (tertiary/aromatic N) is 1. The summed E-state index contributed by atoms with van der Waals surface area (Å²) in [6, 6.07) is 0. The minimum Gasteiger partial charge on any atom is -0.252 e. The first-order chi connectivity index (χ1) is 3.91. The van der Waals surface area contributed by atoms with Gasteiger partial charge < -0.3 is 0 Å². The molecule has 0 aromatic carbocycles. The van der Waals surface area contributed by atoms with Crippen LogP contribution in [0.15, 0.2) is 4.52 Å². The van der Waals surface area contributed by atoms with E-state index in [2.05, 4.69) is 18.8 Å². The Morgan fingerprint density at radius 2 is 2.50 bits per heavy atom. The highest BCUT2D eigenvalue weighted by molar-refractivity contribution is 7.35. The van der Waals surface area contributed by atoms with Crippen LogP contribution in [0.25, 0.3) is 0 Å². The quantitative estimate of drug-likeness (QED) is 0.289. The molecule has 0 rings (SSSR count). The van der Waals surface area contributed by atoms with Gasteiger partial charge in [-0.25, -0.2) is 4.89 Å². The maximum atomic E-state index is 7.83. The van der Waals surface area contributed by atoms with Crippen molar-refractivity contribution in [2.75, 3.05) is 12.8 Å². The third kappa shape index (κ3) is 6.45. The average Bonchev–Trinajstić information content (AvgIpc) is 1.81. The van der Waals surface area contributed by atoms with Gasteiger partial charge >= 0.3 is 0 Å². The second-order valence-electron chi connectivity index (χ2n) is 1.17. The van der Waals surface area contributed by atoms with Crippen LogP contribution in [0.2, 0.25) is 0 Å². The molecule has 3 nitrogen and oxygen atoms in total. The molecule has 0 saturated heterocycles. The first-order valence-electron chi connectivity index (χ1n) is 2.25. The first-order valence-corrected chi connectivity index (χ1v) is 3.79. The molecular weight excluding hydrogens is 144 g/mol.